The number of pyridine rings is 1. The number of anilines is 3. The summed E-state index contributed by atoms with van der Waals surface area (Å²) in [5.74, 6) is 0.709. The molecule has 0 amide bonds. The minimum atomic E-state index is -0.748. The summed E-state index contributed by atoms with van der Waals surface area (Å²) in [7, 11) is 0. The van der Waals surface area contributed by atoms with Gasteiger partial charge in [0.1, 0.15) is 0 Å². The van der Waals surface area contributed by atoms with Gasteiger partial charge in [-0.15, -0.1) is 0 Å². The van der Waals surface area contributed by atoms with Crippen LogP contribution in [0.5, 0.6) is 0 Å². The van der Waals surface area contributed by atoms with Crippen molar-refractivity contribution in [3.8, 4) is 0 Å². The van der Waals surface area contributed by atoms with Crippen molar-refractivity contribution in [2.75, 3.05) is 4.90 Å². The molecule has 0 radical (unpaired) electrons. The van der Waals surface area contributed by atoms with Crippen molar-refractivity contribution in [2.24, 2.45) is 5.92 Å². The van der Waals surface area contributed by atoms with Gasteiger partial charge in [-0.1, -0.05) is 0 Å². The number of carbonyl (C=O) groups is 2. The Hall–Kier alpha value is -1.87. The van der Waals surface area contributed by atoms with Crippen LogP contribution in [-0.4, -0.2) is 57.2 Å². The maximum absolute atomic E-state index is 12.7. The Morgan fingerprint density at radius 3 is 2.80 bits per heavy atom. The van der Waals surface area contributed by atoms with Gasteiger partial charge in [0.05, 0.1) is 0 Å². The fourth-order valence-corrected chi connectivity index (χ4v) is 9.92. The van der Waals surface area contributed by atoms with E-state index in [0.717, 1.165) is 9.40 Å². The van der Waals surface area contributed by atoms with Gasteiger partial charge >= 0.3 is 195 Å². The van der Waals surface area contributed by atoms with E-state index in [1.807, 2.05) is 29.8 Å². The molecule has 4 heterocycles. The zero-order valence-corrected chi connectivity index (χ0v) is 20.4. The topological polar surface area (TPSA) is 50.3 Å². The summed E-state index contributed by atoms with van der Waals surface area (Å²) in [5, 5.41) is 1.63. The van der Waals surface area contributed by atoms with E-state index in [0.29, 0.717) is 5.57 Å². The first-order valence-electron chi connectivity index (χ1n) is 9.45. The Balaban J connectivity index is 1.41. The predicted octanol–water partition coefficient (Wildman–Crippen LogP) is 2.36. The summed E-state index contributed by atoms with van der Waals surface area (Å²) in [4.78, 5) is 32.4. The van der Waals surface area contributed by atoms with E-state index >= 15 is 0 Å². The first-order chi connectivity index (χ1) is 14.7. The van der Waals surface area contributed by atoms with Crippen LogP contribution < -0.4 is 13.8 Å². The SMILES string of the molecule is O=C1/C(=C\c2ccc(N3c4ccccc4[Se]c4cccnc43)[te]2)C(=O)C2SC=CC12. The number of nitrogens with zero attached hydrogens (tertiary/aromatic N) is 2. The molecule has 2 aromatic heterocycles. The zero-order valence-electron chi connectivity index (χ0n) is 15.5. The van der Waals surface area contributed by atoms with Crippen LogP contribution in [-0.2, 0) is 9.59 Å². The molecule has 0 saturated heterocycles. The first-order valence-corrected chi connectivity index (χ1v) is 14.4. The second-order valence-corrected chi connectivity index (χ2v) is 13.6. The van der Waals surface area contributed by atoms with Gasteiger partial charge in [0.2, 0.25) is 0 Å². The Kier molecular flexibility index (Phi) is 4.63. The first kappa shape index (κ1) is 18.9. The van der Waals surface area contributed by atoms with E-state index in [4.69, 9.17) is 4.98 Å². The molecule has 0 bridgehead atoms. The van der Waals surface area contributed by atoms with Crippen molar-refractivity contribution in [3.05, 3.63) is 75.4 Å². The number of hydrogen-bond acceptors (Lipinski definition) is 5. The van der Waals surface area contributed by atoms with Crippen molar-refractivity contribution in [1.82, 2.24) is 4.98 Å². The molecule has 2 atom stereocenters. The van der Waals surface area contributed by atoms with Gasteiger partial charge < -0.3 is 0 Å². The van der Waals surface area contributed by atoms with Gasteiger partial charge in [-0.3, -0.25) is 0 Å². The number of ketones is 2. The molecule has 6 rings (SSSR count). The summed E-state index contributed by atoms with van der Waals surface area (Å²) in [6.45, 7) is 0. The Morgan fingerprint density at radius 2 is 1.90 bits per heavy atom. The molecule has 4 nitrogen and oxygen atoms in total. The number of thioether (sulfide) groups is 1. The van der Waals surface area contributed by atoms with Crippen molar-refractivity contribution in [3.63, 3.8) is 0 Å². The molecule has 146 valence electrons. The van der Waals surface area contributed by atoms with Gasteiger partial charge in [-0.2, -0.15) is 0 Å². The van der Waals surface area contributed by atoms with E-state index in [1.54, 1.807) is 0 Å². The number of Topliss-reactive ketones (excluding diaryl/α,β-unsaturated/α-hetero) is 2. The van der Waals surface area contributed by atoms with E-state index < -0.39 is 20.4 Å². The molecule has 30 heavy (non-hydrogen) atoms. The average Bonchev–Trinajstić information content (AvgIpc) is 3.48. The van der Waals surface area contributed by atoms with Crippen molar-refractivity contribution in [2.45, 2.75) is 5.25 Å². The number of hydrogen-bond donors (Lipinski definition) is 0. The minimum absolute atomic E-state index is 0.0140. The van der Waals surface area contributed by atoms with Crippen molar-refractivity contribution in [1.29, 1.82) is 0 Å². The molecule has 7 heteroatoms. The number of benzene rings is 1. The van der Waals surface area contributed by atoms with Gasteiger partial charge in [0.15, 0.2) is 0 Å². The quantitative estimate of drug-likeness (QED) is 0.205. The standard InChI is InChI=1S/C23H14N2O2SSeTe/c26-20-14-9-11-28-22(14)21(27)15(20)12-13-7-8-19(30-13)25-16-4-1-2-5-17(16)29-18-6-3-10-24-23(18)25/h1-12,14,22H/b15-12+. The van der Waals surface area contributed by atoms with Gasteiger partial charge in [-0.25, -0.2) is 0 Å². The van der Waals surface area contributed by atoms with E-state index in [2.05, 4.69) is 47.4 Å². The van der Waals surface area contributed by atoms with Crippen LogP contribution in [0.15, 0.2) is 71.8 Å². The molecule has 0 N–H and O–H groups in total. The molecule has 1 saturated carbocycles. The Bertz CT molecular complexity index is 1240. The van der Waals surface area contributed by atoms with Crippen LogP contribution in [0.4, 0.5) is 15.2 Å². The van der Waals surface area contributed by atoms with Crippen LogP contribution >= 0.6 is 11.8 Å². The number of aromatic nitrogens is 1. The number of para-hydroxylation sites is 1. The normalized spacial score (nSPS) is 23.1. The summed E-state index contributed by atoms with van der Waals surface area (Å²) in [5.41, 5.74) is 1.58. The van der Waals surface area contributed by atoms with Gasteiger partial charge in [0.25, 0.3) is 0 Å². The molecular weight excluding hydrogens is 575 g/mol. The van der Waals surface area contributed by atoms with Crippen LogP contribution in [0.1, 0.15) is 3.58 Å². The van der Waals surface area contributed by atoms with E-state index in [-0.39, 0.29) is 37.7 Å². The second-order valence-electron chi connectivity index (χ2n) is 7.10. The zero-order chi connectivity index (χ0) is 20.2. The number of rotatable bonds is 2. The molecule has 2 aliphatic heterocycles. The average molecular weight is 589 g/mol. The van der Waals surface area contributed by atoms with Gasteiger partial charge in [-0.05, 0) is 0 Å². The van der Waals surface area contributed by atoms with Crippen LogP contribution in [0.3, 0.4) is 0 Å². The second kappa shape index (κ2) is 7.37. The number of allylic oxidation sites excluding steroid dienone is 2. The molecule has 0 spiro atoms. The summed E-state index contributed by atoms with van der Waals surface area (Å²) in [6, 6.07) is 16.9. The molecule has 1 aliphatic carbocycles. The fourth-order valence-electron chi connectivity index (χ4n) is 3.94. The third kappa shape index (κ3) is 2.92. The van der Waals surface area contributed by atoms with Gasteiger partial charge in [0, 0.05) is 0 Å². The van der Waals surface area contributed by atoms with E-state index in [9.17, 15) is 9.59 Å². The van der Waals surface area contributed by atoms with E-state index in [1.165, 1.54) is 30.1 Å². The molecular formula is C23H14N2O2SSeTe. The maximum atomic E-state index is 12.7. The molecule has 1 fully saturated rings. The van der Waals surface area contributed by atoms with Crippen LogP contribution in [0.2, 0.25) is 0 Å². The Morgan fingerprint density at radius 1 is 1.03 bits per heavy atom. The fraction of sp³-hybridized carbons (Fsp3) is 0.0870. The van der Waals surface area contributed by atoms with Crippen molar-refractivity contribution >= 4 is 88.9 Å². The predicted molar refractivity (Wildman–Crippen MR) is 123 cm³/mol. The summed E-state index contributed by atoms with van der Waals surface area (Å²) in [6.07, 6.45) is 5.58. The molecule has 3 aliphatic rings. The molecule has 1 aromatic carbocycles. The molecule has 3 aromatic rings. The third-order valence-electron chi connectivity index (χ3n) is 5.34. The third-order valence-corrected chi connectivity index (χ3v) is 11.7. The summed E-state index contributed by atoms with van der Waals surface area (Å²) >= 11 is 0.955. The number of fused-ring (bicyclic) bond motifs is 3. The van der Waals surface area contributed by atoms with Crippen LogP contribution in [0.25, 0.3) is 6.08 Å². The summed E-state index contributed by atoms with van der Waals surface area (Å²) < 4.78 is 4.99. The number of carbonyl (C=O) groups excluding carboxylic acids is 2. The van der Waals surface area contributed by atoms with Crippen molar-refractivity contribution < 1.29 is 9.59 Å². The monoisotopic (exact) mass is 592 g/mol. The van der Waals surface area contributed by atoms with Crippen LogP contribution in [0, 0.1) is 5.92 Å². The Labute approximate surface area is 193 Å². The molecule has 2 unspecified atom stereocenters.